The number of aromatic nitrogens is 3. The van der Waals surface area contributed by atoms with Gasteiger partial charge in [-0.3, -0.25) is 4.79 Å². The van der Waals surface area contributed by atoms with Gasteiger partial charge in [0.05, 0.1) is 29.7 Å². The van der Waals surface area contributed by atoms with E-state index in [1.807, 2.05) is 12.1 Å². The lowest BCUT2D eigenvalue weighted by Crippen LogP contribution is -2.51. The molecule has 0 spiro atoms. The van der Waals surface area contributed by atoms with E-state index in [1.54, 1.807) is 42.9 Å². The van der Waals surface area contributed by atoms with E-state index in [0.29, 0.717) is 29.5 Å². The number of halogens is 2. The zero-order valence-corrected chi connectivity index (χ0v) is 22.9. The maximum absolute atomic E-state index is 13.7. The number of hydrogen-bond donors (Lipinski definition) is 4. The average molecular weight is 572 g/mol. The molecule has 2 aromatic carbocycles. The highest BCUT2D eigenvalue weighted by molar-refractivity contribution is 7.15. The zero-order valence-electron chi connectivity index (χ0n) is 22.1. The molecule has 0 aliphatic carbocycles. The summed E-state index contributed by atoms with van der Waals surface area (Å²) in [6, 6.07) is 17.1. The van der Waals surface area contributed by atoms with E-state index in [2.05, 4.69) is 54.4 Å². The Kier molecular flexibility index (Phi) is 7.53. The van der Waals surface area contributed by atoms with Gasteiger partial charge >= 0.3 is 0 Å². The van der Waals surface area contributed by atoms with Gasteiger partial charge in [-0.25, -0.2) is 23.7 Å². The van der Waals surface area contributed by atoms with Gasteiger partial charge in [-0.2, -0.15) is 0 Å². The molecule has 1 atom stereocenters. The van der Waals surface area contributed by atoms with Crippen molar-refractivity contribution in [2.24, 2.45) is 0 Å². The number of anilines is 2. The minimum atomic E-state index is -0.956. The normalized spacial score (nSPS) is 13.9. The van der Waals surface area contributed by atoms with Crippen LogP contribution in [0.2, 0.25) is 0 Å². The van der Waals surface area contributed by atoms with Gasteiger partial charge < -0.3 is 21.3 Å². The SMILES string of the molecule is CC(NC(=O)c1cccnc1NCc1ccc(-c2ccc3ncnc(NC4CNC4)c3c2)s1)c1ccc(F)c(F)c1. The molecule has 5 aromatic rings. The van der Waals surface area contributed by atoms with Gasteiger partial charge in [0.25, 0.3) is 5.91 Å². The number of rotatable bonds is 9. The van der Waals surface area contributed by atoms with E-state index in [4.69, 9.17) is 0 Å². The van der Waals surface area contributed by atoms with Crippen LogP contribution in [0.15, 0.2) is 73.2 Å². The minimum Gasteiger partial charge on any atom is -0.365 e. The van der Waals surface area contributed by atoms with Crippen LogP contribution in [0.5, 0.6) is 0 Å². The van der Waals surface area contributed by atoms with Crippen LogP contribution in [-0.4, -0.2) is 40.0 Å². The van der Waals surface area contributed by atoms with Crippen molar-refractivity contribution in [3.8, 4) is 10.4 Å². The Morgan fingerprint density at radius 3 is 2.71 bits per heavy atom. The molecule has 41 heavy (non-hydrogen) atoms. The summed E-state index contributed by atoms with van der Waals surface area (Å²) >= 11 is 1.65. The quantitative estimate of drug-likeness (QED) is 0.185. The van der Waals surface area contributed by atoms with Gasteiger partial charge in [-0.05, 0) is 66.6 Å². The van der Waals surface area contributed by atoms with Crippen LogP contribution < -0.4 is 21.3 Å². The summed E-state index contributed by atoms with van der Waals surface area (Å²) in [4.78, 5) is 28.5. The maximum atomic E-state index is 13.7. The minimum absolute atomic E-state index is 0.356. The maximum Gasteiger partial charge on any atom is 0.255 e. The van der Waals surface area contributed by atoms with E-state index in [1.165, 1.54) is 6.07 Å². The van der Waals surface area contributed by atoms with Crippen LogP contribution in [0.25, 0.3) is 21.3 Å². The first-order valence-corrected chi connectivity index (χ1v) is 14.0. The van der Waals surface area contributed by atoms with Crippen molar-refractivity contribution in [3.63, 3.8) is 0 Å². The fourth-order valence-corrected chi connectivity index (χ4v) is 5.52. The number of nitrogens with one attached hydrogen (secondary N) is 4. The molecule has 1 saturated heterocycles. The highest BCUT2D eigenvalue weighted by atomic mass is 32.1. The molecule has 0 radical (unpaired) electrons. The highest BCUT2D eigenvalue weighted by Gasteiger charge is 2.19. The number of fused-ring (bicyclic) bond motifs is 1. The summed E-state index contributed by atoms with van der Waals surface area (Å²) in [7, 11) is 0. The summed E-state index contributed by atoms with van der Waals surface area (Å²) < 4.78 is 27.0. The Morgan fingerprint density at radius 1 is 1.02 bits per heavy atom. The van der Waals surface area contributed by atoms with Crippen molar-refractivity contribution >= 4 is 39.8 Å². The number of amides is 1. The highest BCUT2D eigenvalue weighted by Crippen LogP contribution is 2.32. The number of pyridine rings is 1. The van der Waals surface area contributed by atoms with Crippen molar-refractivity contribution in [1.82, 2.24) is 25.6 Å². The zero-order chi connectivity index (χ0) is 28.3. The number of benzene rings is 2. The van der Waals surface area contributed by atoms with E-state index in [0.717, 1.165) is 57.3 Å². The summed E-state index contributed by atoms with van der Waals surface area (Å²) in [5.41, 5.74) is 2.78. The number of nitrogens with zero attached hydrogens (tertiary/aromatic N) is 3. The first kappa shape index (κ1) is 26.7. The third-order valence-electron chi connectivity index (χ3n) is 6.98. The largest absolute Gasteiger partial charge is 0.365 e. The summed E-state index contributed by atoms with van der Waals surface area (Å²) in [5.74, 6) is -0.989. The molecule has 0 saturated carbocycles. The molecule has 1 aliphatic heterocycles. The van der Waals surface area contributed by atoms with E-state index < -0.39 is 17.7 Å². The predicted molar refractivity (Wildman–Crippen MR) is 157 cm³/mol. The van der Waals surface area contributed by atoms with Crippen molar-refractivity contribution in [2.45, 2.75) is 25.6 Å². The summed E-state index contributed by atoms with van der Waals surface area (Å²) in [5, 5.41) is 13.8. The van der Waals surface area contributed by atoms with Gasteiger partial charge in [-0.1, -0.05) is 12.1 Å². The number of carbonyl (C=O) groups is 1. The molecule has 4 N–H and O–H groups in total. The summed E-state index contributed by atoms with van der Waals surface area (Å²) in [6.07, 6.45) is 3.20. The Balaban J connectivity index is 1.14. The second-order valence-electron chi connectivity index (χ2n) is 9.84. The molecule has 3 aromatic heterocycles. The second-order valence-corrected chi connectivity index (χ2v) is 11.0. The van der Waals surface area contributed by atoms with E-state index >= 15 is 0 Å². The molecule has 8 nitrogen and oxygen atoms in total. The van der Waals surface area contributed by atoms with Crippen LogP contribution in [0, 0.1) is 11.6 Å². The van der Waals surface area contributed by atoms with Crippen molar-refractivity contribution in [2.75, 3.05) is 23.7 Å². The van der Waals surface area contributed by atoms with Gasteiger partial charge in [0.15, 0.2) is 11.6 Å². The van der Waals surface area contributed by atoms with Crippen molar-refractivity contribution in [1.29, 1.82) is 0 Å². The Hall–Kier alpha value is -4.48. The molecule has 1 unspecified atom stereocenters. The smallest absolute Gasteiger partial charge is 0.255 e. The Morgan fingerprint density at radius 2 is 1.90 bits per heavy atom. The second kappa shape index (κ2) is 11.6. The molecule has 1 fully saturated rings. The van der Waals surface area contributed by atoms with Crippen LogP contribution >= 0.6 is 11.3 Å². The molecular formula is C30H27F2N7OS. The fourth-order valence-electron chi connectivity index (χ4n) is 4.58. The third kappa shape index (κ3) is 5.86. The van der Waals surface area contributed by atoms with Crippen LogP contribution in [-0.2, 0) is 6.54 Å². The molecule has 11 heteroatoms. The first-order chi connectivity index (χ1) is 19.9. The lowest BCUT2D eigenvalue weighted by Gasteiger charge is -2.28. The molecule has 4 heterocycles. The van der Waals surface area contributed by atoms with Gasteiger partial charge in [0.1, 0.15) is 18.0 Å². The van der Waals surface area contributed by atoms with Gasteiger partial charge in [0.2, 0.25) is 0 Å². The predicted octanol–water partition coefficient (Wildman–Crippen LogP) is 5.52. The average Bonchev–Trinajstić information content (AvgIpc) is 3.44. The number of carbonyl (C=O) groups excluding carboxylic acids is 1. The van der Waals surface area contributed by atoms with Crippen LogP contribution in [0.1, 0.15) is 33.8 Å². The van der Waals surface area contributed by atoms with Gasteiger partial charge in [0, 0.05) is 34.4 Å². The standard InChI is InChI=1S/C30H27F2N7OS/c1-17(18-4-7-24(31)25(32)12-18)38-30(40)22-3-2-10-34-28(22)35-15-21-6-9-27(41-21)19-5-8-26-23(11-19)29(37-16-36-26)39-20-13-33-14-20/h2-12,16-17,20,33H,13-15H2,1H3,(H,34,35)(H,38,40)(H,36,37,39). The molecule has 1 amide bonds. The lowest BCUT2D eigenvalue weighted by molar-refractivity contribution is 0.0940. The Bertz CT molecular complexity index is 1720. The van der Waals surface area contributed by atoms with Crippen LogP contribution in [0.3, 0.4) is 0 Å². The topological polar surface area (TPSA) is 104 Å². The molecule has 0 bridgehead atoms. The number of hydrogen-bond acceptors (Lipinski definition) is 8. The molecule has 208 valence electrons. The number of thiophene rings is 1. The monoisotopic (exact) mass is 571 g/mol. The third-order valence-corrected chi connectivity index (χ3v) is 8.11. The first-order valence-electron chi connectivity index (χ1n) is 13.2. The molecular weight excluding hydrogens is 544 g/mol. The van der Waals surface area contributed by atoms with Gasteiger partial charge in [-0.15, -0.1) is 11.3 Å². The van der Waals surface area contributed by atoms with Crippen LogP contribution in [0.4, 0.5) is 20.4 Å². The van der Waals surface area contributed by atoms with Crippen molar-refractivity contribution < 1.29 is 13.6 Å². The molecule has 6 rings (SSSR count). The lowest BCUT2D eigenvalue weighted by atomic mass is 10.1. The fraction of sp³-hybridized carbons (Fsp3) is 0.200. The Labute approximate surface area is 239 Å². The van der Waals surface area contributed by atoms with Crippen molar-refractivity contribution in [3.05, 3.63) is 101 Å². The summed E-state index contributed by atoms with van der Waals surface area (Å²) in [6.45, 7) is 4.02. The molecule has 1 aliphatic rings. The van der Waals surface area contributed by atoms with E-state index in [9.17, 15) is 13.6 Å². The van der Waals surface area contributed by atoms with E-state index in [-0.39, 0.29) is 5.91 Å².